The lowest BCUT2D eigenvalue weighted by Gasteiger charge is -2.20. The van der Waals surface area contributed by atoms with Crippen LogP contribution in [0, 0.1) is 5.92 Å². The maximum atomic E-state index is 11.7. The molecule has 0 aliphatic carbocycles. The van der Waals surface area contributed by atoms with E-state index in [1.165, 1.54) is 11.9 Å². The Labute approximate surface area is 89.9 Å². The van der Waals surface area contributed by atoms with Crippen LogP contribution < -0.4 is 0 Å². The number of amides is 1. The van der Waals surface area contributed by atoms with Crippen LogP contribution in [0.15, 0.2) is 25.3 Å². The van der Waals surface area contributed by atoms with E-state index >= 15 is 0 Å². The van der Waals surface area contributed by atoms with Crippen molar-refractivity contribution in [1.29, 1.82) is 0 Å². The molecule has 0 heterocycles. The Bertz CT molecular complexity index is 251. The first-order valence-electron chi connectivity index (χ1n) is 4.71. The van der Waals surface area contributed by atoms with Crippen LogP contribution in [0.4, 0.5) is 0 Å². The highest BCUT2D eigenvalue weighted by atomic mass is 16.4. The summed E-state index contributed by atoms with van der Waals surface area (Å²) in [7, 11) is 1.48. The molecule has 0 fully saturated rings. The number of allylic oxidation sites excluding steroid dienone is 2. The molecule has 0 spiro atoms. The lowest BCUT2D eigenvalue weighted by atomic mass is 10.00. The number of hydrogen-bond donors (Lipinski definition) is 1. The van der Waals surface area contributed by atoms with Crippen LogP contribution in [0.25, 0.3) is 0 Å². The number of rotatable bonds is 7. The molecule has 0 atom stereocenters. The number of carbonyl (C=O) groups excluding carboxylic acids is 1. The van der Waals surface area contributed by atoms with Crippen molar-refractivity contribution in [2.24, 2.45) is 5.92 Å². The SMILES string of the molecule is C=CCC(CC=C)C(=O)N(C)CC(=O)O. The van der Waals surface area contributed by atoms with Gasteiger partial charge in [0, 0.05) is 13.0 Å². The zero-order chi connectivity index (χ0) is 11.8. The zero-order valence-electron chi connectivity index (χ0n) is 8.98. The molecular weight excluding hydrogens is 194 g/mol. The van der Waals surface area contributed by atoms with Crippen LogP contribution in [-0.4, -0.2) is 35.5 Å². The van der Waals surface area contributed by atoms with Gasteiger partial charge in [0.05, 0.1) is 0 Å². The average molecular weight is 211 g/mol. The van der Waals surface area contributed by atoms with Gasteiger partial charge >= 0.3 is 5.97 Å². The minimum Gasteiger partial charge on any atom is -0.480 e. The Morgan fingerprint density at radius 3 is 2.13 bits per heavy atom. The lowest BCUT2D eigenvalue weighted by molar-refractivity contribution is -0.145. The fraction of sp³-hybridized carbons (Fsp3) is 0.455. The minimum atomic E-state index is -1.01. The Balaban J connectivity index is 4.39. The van der Waals surface area contributed by atoms with Gasteiger partial charge in [-0.25, -0.2) is 0 Å². The quantitative estimate of drug-likeness (QED) is 0.646. The number of hydrogen-bond acceptors (Lipinski definition) is 2. The molecule has 0 radical (unpaired) electrons. The highest BCUT2D eigenvalue weighted by Gasteiger charge is 2.20. The predicted molar refractivity (Wildman–Crippen MR) is 58.4 cm³/mol. The van der Waals surface area contributed by atoms with Crippen molar-refractivity contribution in [2.45, 2.75) is 12.8 Å². The van der Waals surface area contributed by atoms with Crippen LogP contribution >= 0.6 is 0 Å². The van der Waals surface area contributed by atoms with Crippen molar-refractivity contribution in [3.63, 3.8) is 0 Å². The highest BCUT2D eigenvalue weighted by molar-refractivity contribution is 5.83. The van der Waals surface area contributed by atoms with Crippen molar-refractivity contribution in [2.75, 3.05) is 13.6 Å². The number of aliphatic carboxylic acids is 1. The molecule has 0 saturated carbocycles. The summed E-state index contributed by atoms with van der Waals surface area (Å²) in [6, 6.07) is 0. The molecule has 0 aromatic heterocycles. The second-order valence-corrected chi connectivity index (χ2v) is 3.33. The summed E-state index contributed by atoms with van der Waals surface area (Å²) in [5.41, 5.74) is 0. The second kappa shape index (κ2) is 6.81. The van der Waals surface area contributed by atoms with Crippen LogP contribution in [0.5, 0.6) is 0 Å². The summed E-state index contributed by atoms with van der Waals surface area (Å²) in [4.78, 5) is 23.4. The molecule has 0 rings (SSSR count). The van der Waals surface area contributed by atoms with Crippen molar-refractivity contribution >= 4 is 11.9 Å². The molecule has 0 aliphatic rings. The summed E-state index contributed by atoms with van der Waals surface area (Å²) in [5.74, 6) is -1.44. The molecule has 0 saturated heterocycles. The Hall–Kier alpha value is -1.58. The molecule has 84 valence electrons. The first-order valence-corrected chi connectivity index (χ1v) is 4.71. The zero-order valence-corrected chi connectivity index (χ0v) is 8.98. The number of carbonyl (C=O) groups is 2. The van der Waals surface area contributed by atoms with Gasteiger partial charge in [-0.05, 0) is 12.8 Å². The Kier molecular flexibility index (Phi) is 6.09. The summed E-state index contributed by atoms with van der Waals surface area (Å²) >= 11 is 0. The third kappa shape index (κ3) is 5.00. The number of carboxylic acid groups (broad SMARTS) is 1. The minimum absolute atomic E-state index is 0.183. The van der Waals surface area contributed by atoms with Crippen LogP contribution in [0.3, 0.4) is 0 Å². The van der Waals surface area contributed by atoms with Crippen molar-refractivity contribution in [3.05, 3.63) is 25.3 Å². The van der Waals surface area contributed by atoms with Crippen molar-refractivity contribution in [1.82, 2.24) is 4.90 Å². The van der Waals surface area contributed by atoms with Gasteiger partial charge in [0.15, 0.2) is 0 Å². The van der Waals surface area contributed by atoms with Gasteiger partial charge in [-0.1, -0.05) is 12.2 Å². The Morgan fingerprint density at radius 1 is 1.33 bits per heavy atom. The standard InChI is InChI=1S/C11H17NO3/c1-4-6-9(7-5-2)11(15)12(3)8-10(13)14/h4-5,9H,1-2,6-8H2,3H3,(H,13,14). The first-order chi connectivity index (χ1) is 7.02. The van der Waals surface area contributed by atoms with E-state index in [1.807, 2.05) is 0 Å². The molecule has 1 N–H and O–H groups in total. The third-order valence-corrected chi connectivity index (χ3v) is 2.00. The maximum Gasteiger partial charge on any atom is 0.323 e. The van der Waals surface area contributed by atoms with Gasteiger partial charge in [-0.2, -0.15) is 0 Å². The Morgan fingerprint density at radius 2 is 1.80 bits per heavy atom. The molecule has 1 amide bonds. The van der Waals surface area contributed by atoms with Gasteiger partial charge in [0.1, 0.15) is 6.54 Å². The fourth-order valence-corrected chi connectivity index (χ4v) is 1.29. The molecule has 4 heteroatoms. The third-order valence-electron chi connectivity index (χ3n) is 2.00. The van der Waals surface area contributed by atoms with Gasteiger partial charge in [-0.15, -0.1) is 13.2 Å². The van der Waals surface area contributed by atoms with Gasteiger partial charge in [-0.3, -0.25) is 9.59 Å². The summed E-state index contributed by atoms with van der Waals surface area (Å²) in [6.45, 7) is 6.85. The van der Waals surface area contributed by atoms with Gasteiger partial charge < -0.3 is 10.0 Å². The number of carboxylic acids is 1. The highest BCUT2D eigenvalue weighted by Crippen LogP contribution is 2.12. The lowest BCUT2D eigenvalue weighted by Crippen LogP contribution is -2.36. The normalized spacial score (nSPS) is 9.73. The van der Waals surface area contributed by atoms with E-state index in [0.29, 0.717) is 12.8 Å². The maximum absolute atomic E-state index is 11.7. The van der Waals surface area contributed by atoms with E-state index in [4.69, 9.17) is 5.11 Å². The molecule has 0 unspecified atom stereocenters. The molecule has 15 heavy (non-hydrogen) atoms. The van der Waals surface area contributed by atoms with Crippen LogP contribution in [-0.2, 0) is 9.59 Å². The predicted octanol–water partition coefficient (Wildman–Crippen LogP) is 1.30. The molecule has 0 aromatic carbocycles. The van der Waals surface area contributed by atoms with Crippen LogP contribution in [0.1, 0.15) is 12.8 Å². The topological polar surface area (TPSA) is 57.6 Å². The molecule has 0 aliphatic heterocycles. The molecular formula is C11H17NO3. The van der Waals surface area contributed by atoms with Crippen molar-refractivity contribution < 1.29 is 14.7 Å². The molecule has 4 nitrogen and oxygen atoms in total. The van der Waals surface area contributed by atoms with E-state index in [-0.39, 0.29) is 18.4 Å². The largest absolute Gasteiger partial charge is 0.480 e. The summed E-state index contributed by atoms with van der Waals surface area (Å²) < 4.78 is 0. The summed E-state index contributed by atoms with van der Waals surface area (Å²) in [6.07, 6.45) is 4.38. The molecule has 0 bridgehead atoms. The van der Waals surface area contributed by atoms with Gasteiger partial charge in [0.2, 0.25) is 5.91 Å². The van der Waals surface area contributed by atoms with E-state index in [9.17, 15) is 9.59 Å². The van der Waals surface area contributed by atoms with E-state index in [0.717, 1.165) is 0 Å². The average Bonchev–Trinajstić information content (AvgIpc) is 2.15. The second-order valence-electron chi connectivity index (χ2n) is 3.33. The summed E-state index contributed by atoms with van der Waals surface area (Å²) in [5, 5.41) is 8.54. The van der Waals surface area contributed by atoms with E-state index in [2.05, 4.69) is 13.2 Å². The molecule has 0 aromatic rings. The number of nitrogens with zero attached hydrogens (tertiary/aromatic N) is 1. The smallest absolute Gasteiger partial charge is 0.323 e. The van der Waals surface area contributed by atoms with Gasteiger partial charge in [0.25, 0.3) is 0 Å². The number of likely N-dealkylation sites (N-methyl/N-ethyl adjacent to an activating group) is 1. The van der Waals surface area contributed by atoms with Crippen LogP contribution in [0.2, 0.25) is 0 Å². The van der Waals surface area contributed by atoms with Crippen molar-refractivity contribution in [3.8, 4) is 0 Å². The monoisotopic (exact) mass is 211 g/mol. The first kappa shape index (κ1) is 13.4. The fourth-order valence-electron chi connectivity index (χ4n) is 1.29. The van der Waals surface area contributed by atoms with E-state index in [1.54, 1.807) is 12.2 Å². The van der Waals surface area contributed by atoms with E-state index < -0.39 is 5.97 Å².